The third-order valence-electron chi connectivity index (χ3n) is 4.83. The van der Waals surface area contributed by atoms with Crippen LogP contribution in [0.25, 0.3) is 6.08 Å². The molecule has 2 aromatic carbocycles. The van der Waals surface area contributed by atoms with Crippen LogP contribution in [-0.2, 0) is 16.1 Å². The molecule has 3 rings (SSSR count). The maximum atomic E-state index is 12.0. The molecule has 1 aromatic heterocycles. The molecular formula is C25H27NO6. The van der Waals surface area contributed by atoms with Crippen molar-refractivity contribution in [1.82, 2.24) is 5.16 Å². The Kier molecular flexibility index (Phi) is 7.91. The van der Waals surface area contributed by atoms with Crippen molar-refractivity contribution in [3.8, 4) is 17.2 Å². The molecule has 0 fully saturated rings. The zero-order valence-corrected chi connectivity index (χ0v) is 18.7. The number of benzene rings is 2. The van der Waals surface area contributed by atoms with Crippen molar-refractivity contribution >= 4 is 12.0 Å². The standard InChI is InChI=1S/C25H27NO6/c1-17-7-5-6-8-22(17)29-13-14-30-25(27)12-10-20-9-11-23(24(15-20)28-4)31-16-21-18(2)26-32-19(21)3/h5-12,15H,13-14,16H2,1-4H3/b12-10+. The number of aryl methyl sites for hydroxylation is 3. The van der Waals surface area contributed by atoms with E-state index >= 15 is 0 Å². The molecule has 1 heterocycles. The molecule has 3 aromatic rings. The van der Waals surface area contributed by atoms with Gasteiger partial charge in [-0.25, -0.2) is 4.79 Å². The number of aromatic nitrogens is 1. The summed E-state index contributed by atoms with van der Waals surface area (Å²) < 4.78 is 27.3. The minimum absolute atomic E-state index is 0.162. The molecule has 0 radical (unpaired) electrons. The van der Waals surface area contributed by atoms with Crippen molar-refractivity contribution in [3.05, 3.63) is 76.7 Å². The molecule has 0 saturated heterocycles. The van der Waals surface area contributed by atoms with E-state index in [1.807, 2.05) is 51.1 Å². The zero-order valence-electron chi connectivity index (χ0n) is 18.7. The van der Waals surface area contributed by atoms with Crippen LogP contribution in [0, 0.1) is 20.8 Å². The summed E-state index contributed by atoms with van der Waals surface area (Å²) in [6.45, 7) is 6.45. The fourth-order valence-corrected chi connectivity index (χ4v) is 2.99. The quantitative estimate of drug-likeness (QED) is 0.255. The third-order valence-corrected chi connectivity index (χ3v) is 4.83. The van der Waals surface area contributed by atoms with Gasteiger partial charge in [-0.2, -0.15) is 0 Å². The second-order valence-electron chi connectivity index (χ2n) is 7.12. The molecule has 0 aliphatic rings. The molecule has 0 N–H and O–H groups in total. The van der Waals surface area contributed by atoms with Gasteiger partial charge in [0.1, 0.15) is 31.3 Å². The van der Waals surface area contributed by atoms with Crippen LogP contribution in [0.2, 0.25) is 0 Å². The Morgan fingerprint density at radius 1 is 1.00 bits per heavy atom. The molecule has 0 bridgehead atoms. The summed E-state index contributed by atoms with van der Waals surface area (Å²) in [5.41, 5.74) is 3.51. The minimum atomic E-state index is -0.448. The van der Waals surface area contributed by atoms with Crippen LogP contribution in [0.1, 0.15) is 28.1 Å². The highest BCUT2D eigenvalue weighted by Gasteiger charge is 2.12. The largest absolute Gasteiger partial charge is 0.493 e. The molecule has 168 valence electrons. The maximum Gasteiger partial charge on any atom is 0.330 e. The number of methoxy groups -OCH3 is 1. The van der Waals surface area contributed by atoms with Gasteiger partial charge in [-0.15, -0.1) is 0 Å². The molecule has 0 saturated carbocycles. The van der Waals surface area contributed by atoms with E-state index in [-0.39, 0.29) is 13.2 Å². The average molecular weight is 437 g/mol. The number of ether oxygens (including phenoxy) is 4. The third kappa shape index (κ3) is 6.14. The Morgan fingerprint density at radius 2 is 1.81 bits per heavy atom. The van der Waals surface area contributed by atoms with Crippen molar-refractivity contribution in [2.75, 3.05) is 20.3 Å². The zero-order chi connectivity index (χ0) is 22.9. The van der Waals surface area contributed by atoms with Crippen LogP contribution < -0.4 is 14.2 Å². The van der Waals surface area contributed by atoms with E-state index in [1.54, 1.807) is 25.3 Å². The fourth-order valence-electron chi connectivity index (χ4n) is 2.99. The number of para-hydroxylation sites is 1. The van der Waals surface area contributed by atoms with Gasteiger partial charge in [0.25, 0.3) is 0 Å². The minimum Gasteiger partial charge on any atom is -0.493 e. The first-order valence-electron chi connectivity index (χ1n) is 10.2. The lowest BCUT2D eigenvalue weighted by molar-refractivity contribution is -0.138. The summed E-state index contributed by atoms with van der Waals surface area (Å²) in [7, 11) is 1.56. The lowest BCUT2D eigenvalue weighted by Crippen LogP contribution is -2.10. The Bertz CT molecular complexity index is 1070. The number of carbonyl (C=O) groups is 1. The highest BCUT2D eigenvalue weighted by atomic mass is 16.6. The summed E-state index contributed by atoms with van der Waals surface area (Å²) in [6.07, 6.45) is 3.03. The predicted octanol–water partition coefficient (Wildman–Crippen LogP) is 4.82. The number of nitrogens with zero attached hydrogens (tertiary/aromatic N) is 1. The number of esters is 1. The molecule has 0 aliphatic heterocycles. The fraction of sp³-hybridized carbons (Fsp3) is 0.280. The second-order valence-corrected chi connectivity index (χ2v) is 7.12. The number of carbonyl (C=O) groups excluding carboxylic acids is 1. The van der Waals surface area contributed by atoms with Crippen molar-refractivity contribution in [2.24, 2.45) is 0 Å². The maximum absolute atomic E-state index is 12.0. The van der Waals surface area contributed by atoms with Crippen LogP contribution in [0.3, 0.4) is 0 Å². The number of hydrogen-bond donors (Lipinski definition) is 0. The van der Waals surface area contributed by atoms with E-state index in [4.69, 9.17) is 23.5 Å². The molecular weight excluding hydrogens is 410 g/mol. The number of rotatable bonds is 10. The van der Waals surface area contributed by atoms with Crippen molar-refractivity contribution < 1.29 is 28.3 Å². The Morgan fingerprint density at radius 3 is 2.53 bits per heavy atom. The lowest BCUT2D eigenvalue weighted by atomic mass is 10.2. The predicted molar refractivity (Wildman–Crippen MR) is 120 cm³/mol. The Labute approximate surface area is 187 Å². The summed E-state index contributed by atoms with van der Waals surface area (Å²) in [5, 5.41) is 3.92. The molecule has 0 spiro atoms. The van der Waals surface area contributed by atoms with Gasteiger partial charge >= 0.3 is 5.97 Å². The van der Waals surface area contributed by atoms with Crippen LogP contribution in [0.15, 0.2) is 53.1 Å². The summed E-state index contributed by atoms with van der Waals surface area (Å²) >= 11 is 0. The van der Waals surface area contributed by atoms with Gasteiger partial charge in [-0.1, -0.05) is 29.4 Å². The lowest BCUT2D eigenvalue weighted by Gasteiger charge is -2.11. The van der Waals surface area contributed by atoms with E-state index in [9.17, 15) is 4.79 Å². The van der Waals surface area contributed by atoms with Gasteiger partial charge in [0.05, 0.1) is 18.4 Å². The van der Waals surface area contributed by atoms with Crippen molar-refractivity contribution in [2.45, 2.75) is 27.4 Å². The van der Waals surface area contributed by atoms with Crippen LogP contribution in [-0.4, -0.2) is 31.4 Å². The van der Waals surface area contributed by atoms with Gasteiger partial charge in [0, 0.05) is 6.08 Å². The molecule has 32 heavy (non-hydrogen) atoms. The average Bonchev–Trinajstić information content (AvgIpc) is 3.12. The Hall–Kier alpha value is -3.74. The second kappa shape index (κ2) is 11.0. The van der Waals surface area contributed by atoms with E-state index in [2.05, 4.69) is 5.16 Å². The van der Waals surface area contributed by atoms with Gasteiger partial charge in [0.2, 0.25) is 0 Å². The molecule has 7 heteroatoms. The smallest absolute Gasteiger partial charge is 0.330 e. The van der Waals surface area contributed by atoms with Crippen molar-refractivity contribution in [3.63, 3.8) is 0 Å². The molecule has 0 atom stereocenters. The van der Waals surface area contributed by atoms with Gasteiger partial charge in [-0.3, -0.25) is 0 Å². The highest BCUT2D eigenvalue weighted by molar-refractivity contribution is 5.87. The van der Waals surface area contributed by atoms with E-state index in [0.29, 0.717) is 18.1 Å². The molecule has 0 unspecified atom stereocenters. The van der Waals surface area contributed by atoms with Crippen molar-refractivity contribution in [1.29, 1.82) is 0 Å². The van der Waals surface area contributed by atoms with Gasteiger partial charge in [0.15, 0.2) is 11.5 Å². The van der Waals surface area contributed by atoms with Crippen LogP contribution in [0.4, 0.5) is 0 Å². The van der Waals surface area contributed by atoms with Gasteiger partial charge < -0.3 is 23.5 Å². The van der Waals surface area contributed by atoms with Crippen LogP contribution in [0.5, 0.6) is 17.2 Å². The SMILES string of the molecule is COc1cc(/C=C/C(=O)OCCOc2ccccc2C)ccc1OCc1c(C)noc1C. The molecule has 7 nitrogen and oxygen atoms in total. The molecule has 0 amide bonds. The monoisotopic (exact) mass is 437 g/mol. The molecule has 0 aliphatic carbocycles. The van der Waals surface area contributed by atoms with E-state index in [1.165, 1.54) is 6.08 Å². The summed E-state index contributed by atoms with van der Waals surface area (Å²) in [5.74, 6) is 2.20. The summed E-state index contributed by atoms with van der Waals surface area (Å²) in [6, 6.07) is 13.1. The topological polar surface area (TPSA) is 80.0 Å². The number of hydrogen-bond acceptors (Lipinski definition) is 7. The first-order chi connectivity index (χ1) is 15.5. The van der Waals surface area contributed by atoms with Gasteiger partial charge in [-0.05, 0) is 56.2 Å². The highest BCUT2D eigenvalue weighted by Crippen LogP contribution is 2.30. The van der Waals surface area contributed by atoms with E-state index < -0.39 is 5.97 Å². The first kappa shape index (κ1) is 22.9. The van der Waals surface area contributed by atoms with Crippen LogP contribution >= 0.6 is 0 Å². The normalized spacial score (nSPS) is 10.9. The summed E-state index contributed by atoms with van der Waals surface area (Å²) in [4.78, 5) is 12.0. The van der Waals surface area contributed by atoms with E-state index in [0.717, 1.165) is 33.9 Å². The first-order valence-corrected chi connectivity index (χ1v) is 10.2. The Balaban J connectivity index is 1.50.